The number of benzene rings is 7. The van der Waals surface area contributed by atoms with E-state index in [0.29, 0.717) is 0 Å². The Hall–Kier alpha value is -5.40. The highest BCUT2D eigenvalue weighted by atomic mass is 15.2. The lowest BCUT2D eigenvalue weighted by Gasteiger charge is -2.32. The zero-order valence-corrected chi connectivity index (χ0v) is 31.0. The van der Waals surface area contributed by atoms with Crippen LogP contribution in [0.3, 0.4) is 0 Å². The molecule has 1 heterocycles. The molecule has 0 atom stereocenters. The van der Waals surface area contributed by atoms with E-state index >= 15 is 0 Å². The quantitative estimate of drug-likeness (QED) is 0.168. The summed E-state index contributed by atoms with van der Waals surface area (Å²) in [4.78, 5) is 2.63. The summed E-state index contributed by atoms with van der Waals surface area (Å²) in [6.45, 7) is 14.5. The van der Waals surface area contributed by atoms with Gasteiger partial charge in [-0.3, -0.25) is 0 Å². The third kappa shape index (κ3) is 3.69. The summed E-state index contributed by atoms with van der Waals surface area (Å²) in [5.74, 6) is 0. The van der Waals surface area contributed by atoms with Crippen molar-refractivity contribution in [2.24, 2.45) is 0 Å². The molecule has 0 saturated carbocycles. The van der Waals surface area contributed by atoms with Crippen molar-refractivity contribution in [3.63, 3.8) is 0 Å². The number of aryl methyl sites for hydroxylation is 2. The van der Waals surface area contributed by atoms with Crippen LogP contribution >= 0.6 is 0 Å². The molecule has 1 heteroatoms. The highest BCUT2D eigenvalue weighted by Gasteiger charge is 2.43. The van der Waals surface area contributed by atoms with Gasteiger partial charge in [-0.1, -0.05) is 139 Å². The van der Waals surface area contributed by atoms with Crippen LogP contribution in [-0.4, -0.2) is 0 Å². The average molecular weight is 670 g/mol. The molecule has 7 aromatic rings. The van der Waals surface area contributed by atoms with E-state index in [1.807, 2.05) is 0 Å². The molecule has 0 aromatic heterocycles. The Labute approximate surface area is 307 Å². The molecule has 252 valence electrons. The molecule has 7 aromatic carbocycles. The molecule has 0 N–H and O–H groups in total. The zero-order chi connectivity index (χ0) is 35.3. The van der Waals surface area contributed by atoms with Crippen LogP contribution in [0.4, 0.5) is 17.1 Å². The summed E-state index contributed by atoms with van der Waals surface area (Å²) in [5, 5.41) is 2.64. The third-order valence-electron chi connectivity index (χ3n) is 13.5. The van der Waals surface area contributed by atoms with Gasteiger partial charge in [0.25, 0.3) is 0 Å². The lowest BCUT2D eigenvalue weighted by molar-refractivity contribution is 0.652. The maximum Gasteiger partial charge on any atom is 0.0543 e. The van der Waals surface area contributed by atoms with Crippen LogP contribution in [0.1, 0.15) is 86.1 Å². The van der Waals surface area contributed by atoms with Gasteiger partial charge in [0.1, 0.15) is 0 Å². The van der Waals surface area contributed by atoms with Gasteiger partial charge in [-0.05, 0) is 126 Å². The Morgan fingerprint density at radius 2 is 0.885 bits per heavy atom. The van der Waals surface area contributed by atoms with Gasteiger partial charge in [0, 0.05) is 33.0 Å². The third-order valence-corrected chi connectivity index (χ3v) is 13.5. The fourth-order valence-electron chi connectivity index (χ4n) is 10.7. The van der Waals surface area contributed by atoms with E-state index in [9.17, 15) is 0 Å². The molecule has 4 aliphatic rings. The molecule has 0 amide bonds. The predicted molar refractivity (Wildman–Crippen MR) is 219 cm³/mol. The first-order chi connectivity index (χ1) is 25.1. The molecule has 0 radical (unpaired) electrons. The molecular formula is C51H43N. The Kier molecular flexibility index (Phi) is 5.77. The lowest BCUT2D eigenvalue weighted by Crippen LogP contribution is -2.18. The topological polar surface area (TPSA) is 3.24 Å². The van der Waals surface area contributed by atoms with Crippen LogP contribution < -0.4 is 4.90 Å². The molecule has 3 aliphatic carbocycles. The van der Waals surface area contributed by atoms with Gasteiger partial charge in [-0.15, -0.1) is 0 Å². The molecule has 0 saturated heterocycles. The van der Waals surface area contributed by atoms with E-state index in [1.54, 1.807) is 0 Å². The van der Waals surface area contributed by atoms with E-state index < -0.39 is 0 Å². The molecule has 0 fully saturated rings. The van der Waals surface area contributed by atoms with Crippen molar-refractivity contribution in [1.29, 1.82) is 0 Å². The number of hydrogen-bond acceptors (Lipinski definition) is 1. The standard InChI is InChI=1S/C51H43N/c1-49(2)40-21-13-11-17-33(40)37-28-46-31(25-41(37)49)24-23-30-15-7-14-22-45(30)52(46)47-29-44-48(35-19-9-8-18-34(35)47)38-27-42-36(26-43(38)51(44,5)6)32-16-10-12-20-39(32)50(42,3)4/h7-22,25-29H,23-24H2,1-6H3. The highest BCUT2D eigenvalue weighted by molar-refractivity contribution is 6.11. The first-order valence-electron chi connectivity index (χ1n) is 19.1. The maximum atomic E-state index is 2.63. The van der Waals surface area contributed by atoms with Gasteiger partial charge >= 0.3 is 0 Å². The summed E-state index contributed by atoms with van der Waals surface area (Å²) in [6, 6.07) is 49.2. The van der Waals surface area contributed by atoms with Gasteiger partial charge in [-0.25, -0.2) is 0 Å². The second-order valence-corrected chi connectivity index (χ2v) is 17.3. The van der Waals surface area contributed by atoms with Gasteiger partial charge in [0.15, 0.2) is 0 Å². The first-order valence-corrected chi connectivity index (χ1v) is 19.1. The minimum absolute atomic E-state index is 0.0314. The lowest BCUT2D eigenvalue weighted by atomic mass is 9.79. The van der Waals surface area contributed by atoms with Gasteiger partial charge in [0.05, 0.1) is 5.69 Å². The van der Waals surface area contributed by atoms with Crippen LogP contribution in [0.15, 0.2) is 127 Å². The summed E-state index contributed by atoms with van der Waals surface area (Å²) in [5.41, 5.74) is 23.4. The molecule has 11 rings (SSSR count). The SMILES string of the molecule is CC1(C)c2ccccc2-c2cc3c(cc21)CCc1ccccc1N3c1cc2c(c3ccccc13)-c1cc3c(cc1C2(C)C)-c1ccccc1C3(C)C. The van der Waals surface area contributed by atoms with E-state index in [4.69, 9.17) is 0 Å². The van der Waals surface area contributed by atoms with Crippen molar-refractivity contribution in [3.8, 4) is 33.4 Å². The highest BCUT2D eigenvalue weighted by Crippen LogP contribution is 2.60. The number of hydrogen-bond donors (Lipinski definition) is 0. The number of anilines is 3. The molecule has 0 unspecified atom stereocenters. The first kappa shape index (κ1) is 30.2. The Bertz CT molecular complexity index is 2720. The smallest absolute Gasteiger partial charge is 0.0543 e. The van der Waals surface area contributed by atoms with E-state index in [-0.39, 0.29) is 16.2 Å². The zero-order valence-electron chi connectivity index (χ0n) is 31.0. The number of para-hydroxylation sites is 1. The number of rotatable bonds is 1. The normalized spacial score (nSPS) is 17.3. The van der Waals surface area contributed by atoms with Crippen LogP contribution in [-0.2, 0) is 29.1 Å². The Morgan fingerprint density at radius 1 is 0.365 bits per heavy atom. The summed E-state index contributed by atoms with van der Waals surface area (Å²) >= 11 is 0. The second-order valence-electron chi connectivity index (χ2n) is 17.3. The van der Waals surface area contributed by atoms with Crippen molar-refractivity contribution in [1.82, 2.24) is 0 Å². The fourth-order valence-corrected chi connectivity index (χ4v) is 10.7. The Balaban J connectivity index is 1.20. The molecule has 52 heavy (non-hydrogen) atoms. The van der Waals surface area contributed by atoms with Gasteiger partial charge in [0.2, 0.25) is 0 Å². The van der Waals surface area contributed by atoms with E-state index in [2.05, 4.69) is 174 Å². The van der Waals surface area contributed by atoms with Crippen molar-refractivity contribution >= 4 is 27.8 Å². The molecule has 0 bridgehead atoms. The molecule has 1 nitrogen and oxygen atoms in total. The van der Waals surface area contributed by atoms with Crippen molar-refractivity contribution < 1.29 is 0 Å². The summed E-state index contributed by atoms with van der Waals surface area (Å²) in [7, 11) is 0. The largest absolute Gasteiger partial charge is 0.309 e. The predicted octanol–water partition coefficient (Wildman–Crippen LogP) is 13.3. The van der Waals surface area contributed by atoms with Crippen molar-refractivity contribution in [2.75, 3.05) is 4.90 Å². The van der Waals surface area contributed by atoms with Gasteiger partial charge < -0.3 is 4.90 Å². The van der Waals surface area contributed by atoms with E-state index in [0.717, 1.165) is 12.8 Å². The average Bonchev–Trinajstić information content (AvgIpc) is 3.55. The summed E-state index contributed by atoms with van der Waals surface area (Å²) < 4.78 is 0. The van der Waals surface area contributed by atoms with Crippen LogP contribution in [0.2, 0.25) is 0 Å². The minimum Gasteiger partial charge on any atom is -0.309 e. The van der Waals surface area contributed by atoms with E-state index in [1.165, 1.54) is 106 Å². The fraction of sp³-hybridized carbons (Fsp3) is 0.216. The van der Waals surface area contributed by atoms with Gasteiger partial charge in [-0.2, -0.15) is 0 Å². The van der Waals surface area contributed by atoms with Crippen LogP contribution in [0.25, 0.3) is 44.2 Å². The van der Waals surface area contributed by atoms with Crippen molar-refractivity contribution in [2.45, 2.75) is 70.6 Å². The van der Waals surface area contributed by atoms with Crippen LogP contribution in [0.5, 0.6) is 0 Å². The molecular weight excluding hydrogens is 627 g/mol. The molecule has 0 spiro atoms. The second kappa shape index (κ2) is 9.92. The molecule has 1 aliphatic heterocycles. The number of fused-ring (bicyclic) bond motifs is 13. The monoisotopic (exact) mass is 669 g/mol. The van der Waals surface area contributed by atoms with Crippen LogP contribution in [0, 0.1) is 0 Å². The minimum atomic E-state index is -0.171. The van der Waals surface area contributed by atoms with Crippen molar-refractivity contribution in [3.05, 3.63) is 172 Å². The summed E-state index contributed by atoms with van der Waals surface area (Å²) in [6.07, 6.45) is 2.04. The Morgan fingerprint density at radius 3 is 1.62 bits per heavy atom. The number of nitrogens with zero attached hydrogens (tertiary/aromatic N) is 1. The maximum absolute atomic E-state index is 2.63.